The first-order valence-corrected chi connectivity index (χ1v) is 6.87. The second kappa shape index (κ2) is 5.38. The third-order valence-electron chi connectivity index (χ3n) is 3.73. The molecule has 1 aliphatic rings. The zero-order valence-corrected chi connectivity index (χ0v) is 10.9. The van der Waals surface area contributed by atoms with E-state index in [1.165, 1.54) is 32.1 Å². The van der Waals surface area contributed by atoms with Gasteiger partial charge in [-0.1, -0.05) is 19.3 Å². The minimum atomic E-state index is 0.561. The van der Waals surface area contributed by atoms with Gasteiger partial charge in [0.2, 0.25) is 0 Å². The fourth-order valence-corrected chi connectivity index (χ4v) is 2.70. The molecule has 0 atom stereocenters. The molecule has 0 N–H and O–H groups in total. The van der Waals surface area contributed by atoms with Crippen molar-refractivity contribution < 1.29 is 4.79 Å². The molecule has 1 fully saturated rings. The Morgan fingerprint density at radius 1 is 1.32 bits per heavy atom. The van der Waals surface area contributed by atoms with E-state index in [2.05, 4.69) is 21.1 Å². The first kappa shape index (κ1) is 12.1. The summed E-state index contributed by atoms with van der Waals surface area (Å²) in [5, 5.41) is 8.77. The maximum absolute atomic E-state index is 10.6. The van der Waals surface area contributed by atoms with Crippen molar-refractivity contribution in [3.8, 4) is 0 Å². The second-order valence-electron chi connectivity index (χ2n) is 5.17. The first-order valence-electron chi connectivity index (χ1n) is 6.87. The highest BCUT2D eigenvalue weighted by Crippen LogP contribution is 2.27. The van der Waals surface area contributed by atoms with Gasteiger partial charge in [-0.3, -0.25) is 14.2 Å². The number of carbonyl (C=O) groups excluding carboxylic acids is 1. The molecule has 19 heavy (non-hydrogen) atoms. The predicted octanol–water partition coefficient (Wildman–Crippen LogP) is 2.45. The summed E-state index contributed by atoms with van der Waals surface area (Å²) in [5.74, 6) is 0. The Labute approximate surface area is 112 Å². The topological polar surface area (TPSA) is 52.7 Å². The zero-order valence-electron chi connectivity index (χ0n) is 10.9. The maximum atomic E-state index is 10.6. The van der Waals surface area contributed by atoms with Crippen molar-refractivity contribution >= 4 is 6.29 Å². The molecule has 0 unspecified atom stereocenters. The van der Waals surface area contributed by atoms with E-state index in [4.69, 9.17) is 0 Å². The molecule has 0 spiro atoms. The van der Waals surface area contributed by atoms with Crippen LogP contribution in [0.3, 0.4) is 0 Å². The number of carbonyl (C=O) groups is 1. The van der Waals surface area contributed by atoms with Gasteiger partial charge in [-0.05, 0) is 18.9 Å². The molecule has 0 saturated heterocycles. The smallest absolute Gasteiger partial charge is 0.153 e. The van der Waals surface area contributed by atoms with Gasteiger partial charge < -0.3 is 0 Å². The molecule has 2 aromatic heterocycles. The van der Waals surface area contributed by atoms with Crippen LogP contribution in [0.15, 0.2) is 24.7 Å². The number of aromatic nitrogens is 4. The monoisotopic (exact) mass is 258 g/mol. The van der Waals surface area contributed by atoms with E-state index in [-0.39, 0.29) is 0 Å². The van der Waals surface area contributed by atoms with Crippen LogP contribution in [0.5, 0.6) is 0 Å². The summed E-state index contributed by atoms with van der Waals surface area (Å²) in [6.45, 7) is 0.619. The zero-order chi connectivity index (χ0) is 13.1. The quantitative estimate of drug-likeness (QED) is 0.791. The van der Waals surface area contributed by atoms with Gasteiger partial charge >= 0.3 is 0 Å². The van der Waals surface area contributed by atoms with E-state index >= 15 is 0 Å². The Hall–Kier alpha value is -1.91. The lowest BCUT2D eigenvalue weighted by Crippen LogP contribution is -2.13. The largest absolute Gasteiger partial charge is 0.298 e. The number of aldehydes is 1. The van der Waals surface area contributed by atoms with Crippen LogP contribution in [-0.2, 0) is 6.54 Å². The second-order valence-corrected chi connectivity index (χ2v) is 5.17. The van der Waals surface area contributed by atoms with E-state index < -0.39 is 0 Å². The molecule has 0 bridgehead atoms. The molecule has 5 heteroatoms. The van der Waals surface area contributed by atoms with Crippen molar-refractivity contribution in [3.05, 3.63) is 35.9 Å². The van der Waals surface area contributed by atoms with E-state index in [1.54, 1.807) is 17.1 Å². The Balaban J connectivity index is 1.68. The fraction of sp³-hybridized carbons (Fsp3) is 0.500. The van der Waals surface area contributed by atoms with Crippen molar-refractivity contribution in [3.63, 3.8) is 0 Å². The van der Waals surface area contributed by atoms with Gasteiger partial charge in [0.25, 0.3) is 0 Å². The Bertz CT molecular complexity index is 551. The number of hydrogen-bond acceptors (Lipinski definition) is 3. The minimum absolute atomic E-state index is 0.561. The summed E-state index contributed by atoms with van der Waals surface area (Å²) in [7, 11) is 0. The molecular weight excluding hydrogens is 240 g/mol. The lowest BCUT2D eigenvalue weighted by atomic mass is 9.96. The summed E-state index contributed by atoms with van der Waals surface area (Å²) >= 11 is 0. The molecule has 3 rings (SSSR count). The van der Waals surface area contributed by atoms with Crippen LogP contribution in [0.4, 0.5) is 0 Å². The average molecular weight is 258 g/mol. The van der Waals surface area contributed by atoms with Gasteiger partial charge in [-0.2, -0.15) is 10.2 Å². The van der Waals surface area contributed by atoms with Crippen molar-refractivity contribution in [1.29, 1.82) is 0 Å². The Morgan fingerprint density at radius 2 is 2.16 bits per heavy atom. The average Bonchev–Trinajstić information content (AvgIpc) is 3.09. The van der Waals surface area contributed by atoms with Gasteiger partial charge in [-0.25, -0.2) is 0 Å². The minimum Gasteiger partial charge on any atom is -0.298 e. The molecule has 0 aromatic carbocycles. The SMILES string of the molecule is O=Cc1cnn(Cc2ccn(C3CCCCC3)n2)c1. The first-order chi connectivity index (χ1) is 9.35. The van der Waals surface area contributed by atoms with Crippen molar-refractivity contribution in [2.75, 3.05) is 0 Å². The highest BCUT2D eigenvalue weighted by molar-refractivity contribution is 5.73. The molecular formula is C14H18N4O. The van der Waals surface area contributed by atoms with E-state index in [1.807, 2.05) is 6.07 Å². The van der Waals surface area contributed by atoms with Gasteiger partial charge in [0, 0.05) is 12.4 Å². The van der Waals surface area contributed by atoms with Gasteiger partial charge in [0.15, 0.2) is 6.29 Å². The van der Waals surface area contributed by atoms with Crippen molar-refractivity contribution in [2.24, 2.45) is 0 Å². The highest BCUT2D eigenvalue weighted by atomic mass is 16.1. The van der Waals surface area contributed by atoms with Crippen LogP contribution in [0.25, 0.3) is 0 Å². The van der Waals surface area contributed by atoms with Crippen LogP contribution in [0, 0.1) is 0 Å². The van der Waals surface area contributed by atoms with Crippen molar-refractivity contribution in [2.45, 2.75) is 44.7 Å². The van der Waals surface area contributed by atoms with Gasteiger partial charge in [-0.15, -0.1) is 0 Å². The number of nitrogens with zero attached hydrogens (tertiary/aromatic N) is 4. The van der Waals surface area contributed by atoms with E-state index in [0.717, 1.165) is 12.0 Å². The molecule has 0 amide bonds. The van der Waals surface area contributed by atoms with E-state index in [9.17, 15) is 4.79 Å². The number of hydrogen-bond donors (Lipinski definition) is 0. The number of rotatable bonds is 4. The molecule has 2 aromatic rings. The third-order valence-corrected chi connectivity index (χ3v) is 3.73. The van der Waals surface area contributed by atoms with Crippen LogP contribution in [-0.4, -0.2) is 25.8 Å². The van der Waals surface area contributed by atoms with Crippen LogP contribution in [0.1, 0.15) is 54.2 Å². The summed E-state index contributed by atoms with van der Waals surface area (Å²) < 4.78 is 3.84. The molecule has 100 valence electrons. The predicted molar refractivity (Wildman–Crippen MR) is 71.1 cm³/mol. The van der Waals surface area contributed by atoms with Crippen LogP contribution in [0.2, 0.25) is 0 Å². The maximum Gasteiger partial charge on any atom is 0.153 e. The normalized spacial score (nSPS) is 16.6. The van der Waals surface area contributed by atoms with Crippen LogP contribution < -0.4 is 0 Å². The molecule has 1 saturated carbocycles. The standard InChI is InChI=1S/C14H18N4O/c19-11-12-8-15-17(9-12)10-13-6-7-18(16-13)14-4-2-1-3-5-14/h6-9,11,14H,1-5,10H2. The van der Waals surface area contributed by atoms with Gasteiger partial charge in [0.1, 0.15) is 0 Å². The molecule has 0 radical (unpaired) electrons. The molecule has 2 heterocycles. The summed E-state index contributed by atoms with van der Waals surface area (Å²) in [4.78, 5) is 10.6. The van der Waals surface area contributed by atoms with Crippen molar-refractivity contribution in [1.82, 2.24) is 19.6 Å². The Morgan fingerprint density at radius 3 is 2.89 bits per heavy atom. The Kier molecular flexibility index (Phi) is 3.44. The fourth-order valence-electron chi connectivity index (χ4n) is 2.70. The van der Waals surface area contributed by atoms with E-state index in [0.29, 0.717) is 18.2 Å². The molecule has 0 aliphatic heterocycles. The summed E-state index contributed by atoms with van der Waals surface area (Å²) in [6.07, 6.45) is 12.6. The van der Waals surface area contributed by atoms with Gasteiger partial charge in [0.05, 0.1) is 30.0 Å². The molecule has 1 aliphatic carbocycles. The molecule has 5 nitrogen and oxygen atoms in total. The summed E-state index contributed by atoms with van der Waals surface area (Å²) in [5.41, 5.74) is 1.60. The highest BCUT2D eigenvalue weighted by Gasteiger charge is 2.16. The lowest BCUT2D eigenvalue weighted by Gasteiger charge is -2.21. The van der Waals surface area contributed by atoms with Crippen LogP contribution >= 0.6 is 0 Å². The lowest BCUT2D eigenvalue weighted by molar-refractivity contribution is 0.112. The summed E-state index contributed by atoms with van der Waals surface area (Å²) in [6, 6.07) is 2.60. The third kappa shape index (κ3) is 2.75.